The van der Waals surface area contributed by atoms with E-state index >= 15 is 0 Å². The van der Waals surface area contributed by atoms with E-state index in [4.69, 9.17) is 0 Å². The van der Waals surface area contributed by atoms with Crippen molar-refractivity contribution in [2.24, 2.45) is 4.99 Å². The number of allylic oxidation sites excluding steroid dienone is 7. The fourth-order valence-corrected chi connectivity index (χ4v) is 2.02. The molecule has 0 unspecified atom stereocenters. The summed E-state index contributed by atoms with van der Waals surface area (Å²) in [7, 11) is 0. The molecule has 1 heterocycles. The van der Waals surface area contributed by atoms with Crippen LogP contribution in [-0.4, -0.2) is 17.8 Å². The molecule has 0 aromatic heterocycles. The number of carbonyl (C=O) groups excluding carboxylic acids is 2. The first-order valence-electron chi connectivity index (χ1n) is 4.71. The second kappa shape index (κ2) is 2.73. The summed E-state index contributed by atoms with van der Waals surface area (Å²) in [5, 5.41) is 0. The molecule has 0 radical (unpaired) electrons. The maximum atomic E-state index is 11.7. The first-order chi connectivity index (χ1) is 7.27. The van der Waals surface area contributed by atoms with E-state index in [2.05, 4.69) is 4.99 Å². The van der Waals surface area contributed by atoms with Crippen molar-refractivity contribution in [3.05, 3.63) is 46.7 Å². The van der Waals surface area contributed by atoms with Crippen molar-refractivity contribution < 1.29 is 9.59 Å². The van der Waals surface area contributed by atoms with Gasteiger partial charge < -0.3 is 0 Å². The third-order valence-electron chi connectivity index (χ3n) is 2.70. The summed E-state index contributed by atoms with van der Waals surface area (Å²) in [5.41, 5.74) is 2.51. The lowest BCUT2D eigenvalue weighted by molar-refractivity contribution is -0.114. The highest BCUT2D eigenvalue weighted by Crippen LogP contribution is 2.35. The zero-order chi connectivity index (χ0) is 10.4. The van der Waals surface area contributed by atoms with Crippen LogP contribution in [0.4, 0.5) is 0 Å². The quantitative estimate of drug-likeness (QED) is 0.587. The number of carbonyl (C=O) groups is 2. The smallest absolute Gasteiger partial charge is 0.188 e. The molecule has 0 saturated carbocycles. The van der Waals surface area contributed by atoms with Gasteiger partial charge in [0.1, 0.15) is 0 Å². The maximum Gasteiger partial charge on any atom is 0.188 e. The zero-order valence-corrected chi connectivity index (χ0v) is 7.86. The van der Waals surface area contributed by atoms with Crippen molar-refractivity contribution >= 4 is 17.8 Å². The summed E-state index contributed by atoms with van der Waals surface area (Å²) < 4.78 is 0. The number of ketones is 2. The Morgan fingerprint density at radius 1 is 1.20 bits per heavy atom. The van der Waals surface area contributed by atoms with E-state index in [1.807, 2.05) is 6.08 Å². The first kappa shape index (κ1) is 8.29. The van der Waals surface area contributed by atoms with Gasteiger partial charge in [-0.05, 0) is 17.7 Å². The monoisotopic (exact) mass is 197 g/mol. The Labute approximate surface area is 86.2 Å². The predicted molar refractivity (Wildman–Crippen MR) is 55.5 cm³/mol. The topological polar surface area (TPSA) is 46.5 Å². The van der Waals surface area contributed by atoms with E-state index in [-0.39, 0.29) is 11.6 Å². The molecule has 0 aromatic rings. The highest BCUT2D eigenvalue weighted by atomic mass is 16.1. The SMILES string of the molecule is O=C1C=CC=C2CC(=O)C3=CC=NC3=C12. The highest BCUT2D eigenvalue weighted by Gasteiger charge is 2.32. The molecule has 0 fully saturated rings. The third-order valence-corrected chi connectivity index (χ3v) is 2.70. The first-order valence-corrected chi connectivity index (χ1v) is 4.71. The lowest BCUT2D eigenvalue weighted by atomic mass is 9.83. The van der Waals surface area contributed by atoms with Gasteiger partial charge in [0.05, 0.1) is 11.3 Å². The molecule has 3 aliphatic rings. The fraction of sp³-hybridized carbons (Fsp3) is 0.0833. The van der Waals surface area contributed by atoms with Gasteiger partial charge in [0.15, 0.2) is 11.6 Å². The van der Waals surface area contributed by atoms with Gasteiger partial charge in [-0.25, -0.2) is 0 Å². The Kier molecular flexibility index (Phi) is 1.51. The maximum absolute atomic E-state index is 11.7. The van der Waals surface area contributed by atoms with Crippen LogP contribution < -0.4 is 0 Å². The van der Waals surface area contributed by atoms with Crippen LogP contribution in [0.1, 0.15) is 6.42 Å². The molecule has 1 aliphatic heterocycles. The average Bonchev–Trinajstić information content (AvgIpc) is 2.66. The molecular formula is C12H7NO2. The Morgan fingerprint density at radius 2 is 2.07 bits per heavy atom. The lowest BCUT2D eigenvalue weighted by Gasteiger charge is -2.20. The summed E-state index contributed by atoms with van der Waals surface area (Å²) in [6, 6.07) is 0. The van der Waals surface area contributed by atoms with Gasteiger partial charge >= 0.3 is 0 Å². The van der Waals surface area contributed by atoms with Gasteiger partial charge in [-0.1, -0.05) is 12.2 Å². The second-order valence-electron chi connectivity index (χ2n) is 3.60. The van der Waals surface area contributed by atoms with Gasteiger partial charge in [-0.2, -0.15) is 0 Å². The molecular weight excluding hydrogens is 190 g/mol. The summed E-state index contributed by atoms with van der Waals surface area (Å²) in [4.78, 5) is 27.4. The number of Topliss-reactive ketones (excluding diaryl/α,β-unsaturated/α-hetero) is 1. The van der Waals surface area contributed by atoms with Crippen LogP contribution >= 0.6 is 0 Å². The number of hydrogen-bond acceptors (Lipinski definition) is 3. The molecule has 0 amide bonds. The van der Waals surface area contributed by atoms with Crippen LogP contribution in [0.5, 0.6) is 0 Å². The average molecular weight is 197 g/mol. The normalized spacial score (nSPS) is 22.7. The van der Waals surface area contributed by atoms with Gasteiger partial charge in [-0.3, -0.25) is 14.6 Å². The summed E-state index contributed by atoms with van der Waals surface area (Å²) in [6.07, 6.45) is 8.56. The minimum absolute atomic E-state index is 0.0422. The zero-order valence-electron chi connectivity index (χ0n) is 7.86. The molecule has 72 valence electrons. The lowest BCUT2D eigenvalue weighted by Crippen LogP contribution is -2.19. The molecule has 0 atom stereocenters. The van der Waals surface area contributed by atoms with E-state index in [0.717, 1.165) is 5.57 Å². The number of rotatable bonds is 0. The molecule has 3 nitrogen and oxygen atoms in total. The van der Waals surface area contributed by atoms with E-state index < -0.39 is 0 Å². The summed E-state index contributed by atoms with van der Waals surface area (Å²) in [6.45, 7) is 0. The van der Waals surface area contributed by atoms with Gasteiger partial charge in [0.2, 0.25) is 0 Å². The molecule has 3 heteroatoms. The Morgan fingerprint density at radius 3 is 2.93 bits per heavy atom. The number of fused-ring (bicyclic) bond motifs is 2. The standard InChI is InChI=1S/C12H7NO2/c14-9-3-1-2-7-6-10(15)8-4-5-13-12(8)11(7)9/h1-5H,6H2. The van der Waals surface area contributed by atoms with E-state index in [1.54, 1.807) is 18.4 Å². The minimum Gasteiger partial charge on any atom is -0.294 e. The van der Waals surface area contributed by atoms with Gasteiger partial charge in [0, 0.05) is 18.2 Å². The molecule has 0 bridgehead atoms. The molecule has 3 rings (SSSR count). The Hall–Kier alpha value is -2.03. The van der Waals surface area contributed by atoms with Crippen molar-refractivity contribution in [1.82, 2.24) is 0 Å². The van der Waals surface area contributed by atoms with Gasteiger partial charge in [-0.15, -0.1) is 0 Å². The van der Waals surface area contributed by atoms with Crippen molar-refractivity contribution in [3.8, 4) is 0 Å². The molecule has 15 heavy (non-hydrogen) atoms. The van der Waals surface area contributed by atoms with Crippen molar-refractivity contribution in [2.75, 3.05) is 0 Å². The van der Waals surface area contributed by atoms with Crippen LogP contribution in [0.25, 0.3) is 0 Å². The van der Waals surface area contributed by atoms with Crippen LogP contribution in [0.15, 0.2) is 51.7 Å². The van der Waals surface area contributed by atoms with E-state index in [1.165, 1.54) is 6.08 Å². The Balaban J connectivity index is 2.30. The number of aliphatic imine (C=N–C) groups is 1. The molecule has 0 saturated heterocycles. The fourth-order valence-electron chi connectivity index (χ4n) is 2.02. The predicted octanol–water partition coefficient (Wildman–Crippen LogP) is 1.29. The minimum atomic E-state index is -0.0556. The molecule has 2 aliphatic carbocycles. The van der Waals surface area contributed by atoms with Crippen molar-refractivity contribution in [2.45, 2.75) is 6.42 Å². The van der Waals surface area contributed by atoms with Gasteiger partial charge in [0.25, 0.3) is 0 Å². The molecule has 0 spiro atoms. The van der Waals surface area contributed by atoms with Crippen LogP contribution in [0.3, 0.4) is 0 Å². The summed E-state index contributed by atoms with van der Waals surface area (Å²) in [5.74, 6) is -0.0134. The van der Waals surface area contributed by atoms with E-state index in [9.17, 15) is 9.59 Å². The van der Waals surface area contributed by atoms with Crippen LogP contribution in [-0.2, 0) is 9.59 Å². The van der Waals surface area contributed by atoms with Crippen LogP contribution in [0.2, 0.25) is 0 Å². The van der Waals surface area contributed by atoms with Crippen molar-refractivity contribution in [1.29, 1.82) is 0 Å². The Bertz CT molecular complexity index is 542. The van der Waals surface area contributed by atoms with Crippen molar-refractivity contribution in [3.63, 3.8) is 0 Å². The number of nitrogens with zero attached hydrogens (tertiary/aromatic N) is 1. The third kappa shape index (κ3) is 1.03. The molecule has 0 aromatic carbocycles. The largest absolute Gasteiger partial charge is 0.294 e. The number of hydrogen-bond donors (Lipinski definition) is 0. The highest BCUT2D eigenvalue weighted by molar-refractivity contribution is 6.18. The second-order valence-corrected chi connectivity index (χ2v) is 3.60. The molecule has 0 N–H and O–H groups in total. The summed E-state index contributed by atoms with van der Waals surface area (Å²) >= 11 is 0. The van der Waals surface area contributed by atoms with Crippen LogP contribution in [0, 0.1) is 0 Å². The van der Waals surface area contributed by atoms with E-state index in [0.29, 0.717) is 23.3 Å².